The average molecular weight is 478 g/mol. The Hall–Kier alpha value is -2.86. The van der Waals surface area contributed by atoms with E-state index >= 15 is 0 Å². The molecule has 6 nitrogen and oxygen atoms in total. The fourth-order valence-corrected chi connectivity index (χ4v) is 5.67. The maximum Gasteiger partial charge on any atom is 0.404 e. The Labute approximate surface area is 209 Å². The molecular formula is C29H39N3O3. The molecule has 2 atom stereocenters. The first-order valence-electron chi connectivity index (χ1n) is 13.0. The third kappa shape index (κ3) is 6.23. The molecule has 1 aliphatic heterocycles. The van der Waals surface area contributed by atoms with Crippen molar-refractivity contribution in [2.75, 3.05) is 13.2 Å². The van der Waals surface area contributed by atoms with Gasteiger partial charge in [0.2, 0.25) is 0 Å². The van der Waals surface area contributed by atoms with Gasteiger partial charge >= 0.3 is 6.09 Å². The Kier molecular flexibility index (Phi) is 8.11. The maximum atomic E-state index is 13.2. The van der Waals surface area contributed by atoms with Crippen molar-refractivity contribution < 1.29 is 14.3 Å². The number of nitrogens with one attached hydrogen (secondary N) is 1. The predicted octanol–water partition coefficient (Wildman–Crippen LogP) is 5.65. The first kappa shape index (κ1) is 25.2. The number of aryl methyl sites for hydroxylation is 1. The molecule has 0 spiro atoms. The molecule has 6 heteroatoms. The van der Waals surface area contributed by atoms with E-state index in [0.717, 1.165) is 42.5 Å². The molecule has 2 aromatic rings. The van der Waals surface area contributed by atoms with Gasteiger partial charge in [0.15, 0.2) is 0 Å². The van der Waals surface area contributed by atoms with Crippen LogP contribution in [0.25, 0.3) is 0 Å². The van der Waals surface area contributed by atoms with Gasteiger partial charge in [-0.1, -0.05) is 62.6 Å². The van der Waals surface area contributed by atoms with Crippen molar-refractivity contribution in [2.45, 2.75) is 71.5 Å². The van der Waals surface area contributed by atoms with Gasteiger partial charge in [-0.2, -0.15) is 0 Å². The minimum absolute atomic E-state index is 0.0131. The summed E-state index contributed by atoms with van der Waals surface area (Å²) in [6, 6.07) is 13.8. The monoisotopic (exact) mass is 477 g/mol. The van der Waals surface area contributed by atoms with E-state index in [4.69, 9.17) is 10.5 Å². The Balaban J connectivity index is 1.46. The number of nitrogens with two attached hydrogens (primary N) is 1. The van der Waals surface area contributed by atoms with Crippen molar-refractivity contribution in [3.63, 3.8) is 0 Å². The summed E-state index contributed by atoms with van der Waals surface area (Å²) in [5, 5.41) is 3.04. The fourth-order valence-electron chi connectivity index (χ4n) is 5.67. The number of rotatable bonds is 8. The van der Waals surface area contributed by atoms with Gasteiger partial charge < -0.3 is 15.8 Å². The van der Waals surface area contributed by atoms with E-state index in [2.05, 4.69) is 30.1 Å². The van der Waals surface area contributed by atoms with Crippen LogP contribution in [0.4, 0.5) is 4.79 Å². The molecule has 35 heavy (non-hydrogen) atoms. The Bertz CT molecular complexity index is 1030. The number of carbonyl (C=O) groups excluding carboxylic acids is 2. The summed E-state index contributed by atoms with van der Waals surface area (Å²) >= 11 is 0. The van der Waals surface area contributed by atoms with Gasteiger partial charge in [0.1, 0.15) is 6.61 Å². The summed E-state index contributed by atoms with van der Waals surface area (Å²) in [6.07, 6.45) is 5.55. The zero-order chi connectivity index (χ0) is 24.9. The smallest absolute Gasteiger partial charge is 0.404 e. The van der Waals surface area contributed by atoms with Crippen molar-refractivity contribution in [1.29, 1.82) is 0 Å². The Morgan fingerprint density at radius 2 is 1.83 bits per heavy atom. The number of nitrogens with zero attached hydrogens (tertiary/aromatic N) is 1. The second-order valence-electron chi connectivity index (χ2n) is 10.5. The first-order valence-corrected chi connectivity index (χ1v) is 13.0. The quantitative estimate of drug-likeness (QED) is 0.514. The lowest BCUT2D eigenvalue weighted by Gasteiger charge is -2.32. The second kappa shape index (κ2) is 11.3. The fraction of sp³-hybridized carbons (Fsp3) is 0.517. The van der Waals surface area contributed by atoms with Crippen molar-refractivity contribution in [2.24, 2.45) is 17.6 Å². The average Bonchev–Trinajstić information content (AvgIpc) is 3.19. The highest BCUT2D eigenvalue weighted by atomic mass is 16.5. The Morgan fingerprint density at radius 1 is 1.11 bits per heavy atom. The van der Waals surface area contributed by atoms with E-state index < -0.39 is 12.1 Å². The van der Waals surface area contributed by atoms with Gasteiger partial charge in [-0.25, -0.2) is 4.79 Å². The van der Waals surface area contributed by atoms with Crippen LogP contribution in [0.5, 0.6) is 0 Å². The van der Waals surface area contributed by atoms with Gasteiger partial charge in [0.25, 0.3) is 5.91 Å². The summed E-state index contributed by atoms with van der Waals surface area (Å²) in [5.74, 6) is 1.46. The van der Waals surface area contributed by atoms with Crippen LogP contribution in [-0.2, 0) is 11.3 Å². The lowest BCUT2D eigenvalue weighted by atomic mass is 9.82. The number of carbonyl (C=O) groups is 2. The minimum atomic E-state index is -0.855. The molecule has 1 fully saturated rings. The molecule has 1 aliphatic carbocycles. The topological polar surface area (TPSA) is 84.7 Å². The normalized spacial score (nSPS) is 22.9. The zero-order valence-electron chi connectivity index (χ0n) is 21.3. The molecule has 0 bridgehead atoms. The molecule has 4 rings (SSSR count). The van der Waals surface area contributed by atoms with Crippen LogP contribution in [-0.4, -0.2) is 30.1 Å². The highest BCUT2D eigenvalue weighted by Gasteiger charge is 2.32. The number of fused-ring (bicyclic) bond motifs is 1. The first-order chi connectivity index (χ1) is 16.8. The molecule has 2 amide bonds. The van der Waals surface area contributed by atoms with Crippen LogP contribution in [0.15, 0.2) is 42.5 Å². The number of hydrogen-bond acceptors (Lipinski definition) is 4. The number of benzene rings is 2. The molecule has 0 aromatic heterocycles. The molecule has 1 heterocycles. The molecule has 188 valence electrons. The molecular weight excluding hydrogens is 438 g/mol. The van der Waals surface area contributed by atoms with Crippen molar-refractivity contribution in [3.8, 4) is 0 Å². The molecule has 1 saturated carbocycles. The van der Waals surface area contributed by atoms with Gasteiger partial charge in [0, 0.05) is 24.7 Å². The zero-order valence-corrected chi connectivity index (χ0v) is 21.3. The summed E-state index contributed by atoms with van der Waals surface area (Å²) < 4.78 is 5.04. The molecule has 2 aromatic carbocycles. The van der Waals surface area contributed by atoms with E-state index in [1.54, 1.807) is 0 Å². The number of ether oxygens (including phenoxy) is 1. The van der Waals surface area contributed by atoms with Gasteiger partial charge in [-0.3, -0.25) is 9.69 Å². The predicted molar refractivity (Wildman–Crippen MR) is 138 cm³/mol. The Morgan fingerprint density at radius 3 is 2.49 bits per heavy atom. The largest absolute Gasteiger partial charge is 0.447 e. The lowest BCUT2D eigenvalue weighted by molar-refractivity contribution is 0.0898. The SMILES string of the molecule is CC[C@H]1c2ccc(C(=O)N[C@@H](COC(N)=O)c3ccc(C)cc3)cc2CN1C[C@H]1CC[C@H](C)CC1. The summed E-state index contributed by atoms with van der Waals surface area (Å²) in [4.78, 5) is 27.0. The molecule has 0 unspecified atom stereocenters. The molecule has 0 saturated heterocycles. The van der Waals surface area contributed by atoms with E-state index in [0.29, 0.717) is 11.6 Å². The highest BCUT2D eigenvalue weighted by molar-refractivity contribution is 5.94. The maximum absolute atomic E-state index is 13.2. The minimum Gasteiger partial charge on any atom is -0.447 e. The molecule has 2 aliphatic rings. The van der Waals surface area contributed by atoms with Crippen LogP contribution in [0.3, 0.4) is 0 Å². The van der Waals surface area contributed by atoms with E-state index in [1.807, 2.05) is 43.3 Å². The van der Waals surface area contributed by atoms with Crippen molar-refractivity contribution >= 4 is 12.0 Å². The second-order valence-corrected chi connectivity index (χ2v) is 10.5. The van der Waals surface area contributed by atoms with Gasteiger partial charge in [-0.15, -0.1) is 0 Å². The summed E-state index contributed by atoms with van der Waals surface area (Å²) in [5.41, 5.74) is 10.4. The number of hydrogen-bond donors (Lipinski definition) is 2. The van der Waals surface area contributed by atoms with Crippen LogP contribution >= 0.6 is 0 Å². The molecule has 0 radical (unpaired) electrons. The number of amides is 2. The van der Waals surface area contributed by atoms with Crippen LogP contribution in [0, 0.1) is 18.8 Å². The van der Waals surface area contributed by atoms with Crippen LogP contribution in [0.2, 0.25) is 0 Å². The van der Waals surface area contributed by atoms with Gasteiger partial charge in [0.05, 0.1) is 6.04 Å². The van der Waals surface area contributed by atoms with E-state index in [-0.39, 0.29) is 12.5 Å². The lowest BCUT2D eigenvalue weighted by Crippen LogP contribution is -2.33. The number of primary amides is 1. The highest BCUT2D eigenvalue weighted by Crippen LogP contribution is 2.39. The van der Waals surface area contributed by atoms with Crippen LogP contribution < -0.4 is 11.1 Å². The van der Waals surface area contributed by atoms with Crippen LogP contribution in [0.1, 0.15) is 90.6 Å². The van der Waals surface area contributed by atoms with Crippen molar-refractivity contribution in [1.82, 2.24) is 10.2 Å². The standard InChI is InChI=1S/C29H39N3O3/c1-4-27-25-14-13-23(15-24(25)17-32(27)16-21-9-5-19(2)6-10-21)28(33)31-26(18-35-29(30)34)22-11-7-20(3)8-12-22/h7-8,11-15,19,21,26-27H,4-6,9-10,16-18H2,1-3H3,(H2,30,34)(H,31,33)/t19-,21-,26-,27-/m0/s1. The summed E-state index contributed by atoms with van der Waals surface area (Å²) in [7, 11) is 0. The van der Waals surface area contributed by atoms with Crippen molar-refractivity contribution in [3.05, 3.63) is 70.3 Å². The third-order valence-electron chi connectivity index (χ3n) is 7.77. The third-order valence-corrected chi connectivity index (χ3v) is 7.77. The van der Waals surface area contributed by atoms with E-state index in [9.17, 15) is 9.59 Å². The molecule has 3 N–H and O–H groups in total. The van der Waals surface area contributed by atoms with Gasteiger partial charge in [-0.05, 0) is 66.8 Å². The summed E-state index contributed by atoms with van der Waals surface area (Å²) in [6.45, 7) is 8.65. The van der Waals surface area contributed by atoms with E-state index in [1.165, 1.54) is 36.8 Å².